The Morgan fingerprint density at radius 3 is 2.42 bits per heavy atom. The van der Waals surface area contributed by atoms with E-state index in [2.05, 4.69) is 10.6 Å². The number of anilines is 2. The van der Waals surface area contributed by atoms with E-state index in [9.17, 15) is 24.5 Å². The van der Waals surface area contributed by atoms with Gasteiger partial charge in [0.2, 0.25) is 0 Å². The zero-order valence-corrected chi connectivity index (χ0v) is 17.7. The van der Waals surface area contributed by atoms with Crippen molar-refractivity contribution in [1.82, 2.24) is 0 Å². The number of esters is 1. The van der Waals surface area contributed by atoms with Crippen molar-refractivity contribution in [3.05, 3.63) is 99.6 Å². The molecule has 2 N–H and O–H groups in total. The van der Waals surface area contributed by atoms with Gasteiger partial charge in [-0.2, -0.15) is 0 Å². The first-order valence-electron chi connectivity index (χ1n) is 9.97. The van der Waals surface area contributed by atoms with Gasteiger partial charge in [0.15, 0.2) is 12.4 Å². The number of Topliss-reactive ketones (excluding diaryl/α,β-unsaturated/α-hetero) is 1. The third-order valence-electron chi connectivity index (χ3n) is 4.65. The van der Waals surface area contributed by atoms with Crippen molar-refractivity contribution >= 4 is 34.7 Å². The molecule has 0 unspecified atom stereocenters. The van der Waals surface area contributed by atoms with Gasteiger partial charge in [-0.25, -0.2) is 4.79 Å². The molecule has 3 rings (SSSR count). The van der Waals surface area contributed by atoms with Crippen molar-refractivity contribution in [3.8, 4) is 0 Å². The number of amides is 1. The molecule has 1 amide bonds. The Hall–Kier alpha value is -4.53. The molecule has 0 aliphatic rings. The van der Waals surface area contributed by atoms with E-state index in [1.54, 1.807) is 18.2 Å². The number of nitro groups is 1. The van der Waals surface area contributed by atoms with Gasteiger partial charge in [-0.15, -0.1) is 0 Å². The molecule has 0 heterocycles. The quantitative estimate of drug-likeness (QED) is 0.218. The van der Waals surface area contributed by atoms with Gasteiger partial charge >= 0.3 is 5.97 Å². The molecule has 33 heavy (non-hydrogen) atoms. The van der Waals surface area contributed by atoms with Crippen molar-refractivity contribution in [2.75, 3.05) is 17.2 Å². The second kappa shape index (κ2) is 10.7. The molecular weight excluding hydrogens is 426 g/mol. The topological polar surface area (TPSA) is 128 Å². The molecule has 3 aromatic rings. The minimum Gasteiger partial charge on any atom is -0.452 e. The summed E-state index contributed by atoms with van der Waals surface area (Å²) in [5, 5.41) is 16.8. The molecule has 9 heteroatoms. The van der Waals surface area contributed by atoms with E-state index in [-0.39, 0.29) is 17.0 Å². The summed E-state index contributed by atoms with van der Waals surface area (Å²) in [6.07, 6.45) is 0. The molecule has 0 aliphatic carbocycles. The number of hydrogen-bond acceptors (Lipinski definition) is 7. The standard InChI is InChI=1S/C24H21N3O6/c1-16(28)18-8-5-9-19(12-18)26-23(29)15-33-24(30)21-13-20(27(31)32)10-11-22(21)25-14-17-6-3-2-4-7-17/h2-13,25H,14-15H2,1H3,(H,26,29). The number of hydrogen-bond donors (Lipinski definition) is 2. The lowest BCUT2D eigenvalue weighted by Gasteiger charge is -2.12. The molecule has 0 saturated carbocycles. The number of ketones is 1. The first kappa shape index (κ1) is 23.1. The average Bonchev–Trinajstić information content (AvgIpc) is 2.81. The molecule has 0 bridgehead atoms. The van der Waals surface area contributed by atoms with E-state index in [1.165, 1.54) is 25.1 Å². The summed E-state index contributed by atoms with van der Waals surface area (Å²) in [7, 11) is 0. The summed E-state index contributed by atoms with van der Waals surface area (Å²) >= 11 is 0. The maximum Gasteiger partial charge on any atom is 0.341 e. The molecular formula is C24H21N3O6. The van der Waals surface area contributed by atoms with Gasteiger partial charge in [-0.3, -0.25) is 19.7 Å². The number of nitrogens with one attached hydrogen (secondary N) is 2. The van der Waals surface area contributed by atoms with Gasteiger partial charge in [0.25, 0.3) is 11.6 Å². The van der Waals surface area contributed by atoms with Crippen LogP contribution in [0.1, 0.15) is 33.2 Å². The molecule has 0 saturated heterocycles. The van der Waals surface area contributed by atoms with Crippen LogP contribution < -0.4 is 10.6 Å². The molecule has 0 radical (unpaired) electrons. The van der Waals surface area contributed by atoms with Gasteiger partial charge in [0.1, 0.15) is 0 Å². The fraction of sp³-hybridized carbons (Fsp3) is 0.125. The van der Waals surface area contributed by atoms with Crippen LogP contribution in [0.15, 0.2) is 72.8 Å². The summed E-state index contributed by atoms with van der Waals surface area (Å²) in [4.78, 5) is 46.9. The highest BCUT2D eigenvalue weighted by atomic mass is 16.6. The lowest BCUT2D eigenvalue weighted by molar-refractivity contribution is -0.384. The summed E-state index contributed by atoms with van der Waals surface area (Å²) in [6.45, 7) is 1.18. The zero-order chi connectivity index (χ0) is 23.8. The zero-order valence-electron chi connectivity index (χ0n) is 17.7. The van der Waals surface area contributed by atoms with Crippen LogP contribution in [0, 0.1) is 10.1 Å². The molecule has 0 atom stereocenters. The van der Waals surface area contributed by atoms with Gasteiger partial charge in [-0.1, -0.05) is 42.5 Å². The second-order valence-corrected chi connectivity index (χ2v) is 7.09. The summed E-state index contributed by atoms with van der Waals surface area (Å²) in [5.74, 6) is -1.66. The van der Waals surface area contributed by atoms with Crippen LogP contribution >= 0.6 is 0 Å². The number of carbonyl (C=O) groups is 3. The highest BCUT2D eigenvalue weighted by Crippen LogP contribution is 2.24. The Morgan fingerprint density at radius 1 is 0.970 bits per heavy atom. The Kier molecular flexibility index (Phi) is 7.48. The number of benzene rings is 3. The van der Waals surface area contributed by atoms with Crippen molar-refractivity contribution in [1.29, 1.82) is 0 Å². The molecule has 0 aliphatic heterocycles. The van der Waals surface area contributed by atoms with E-state index >= 15 is 0 Å². The normalized spacial score (nSPS) is 10.2. The molecule has 0 aromatic heterocycles. The predicted octanol–water partition coefficient (Wildman–Crippen LogP) is 4.21. The van der Waals surface area contributed by atoms with E-state index in [0.717, 1.165) is 11.6 Å². The van der Waals surface area contributed by atoms with E-state index in [4.69, 9.17) is 4.74 Å². The predicted molar refractivity (Wildman–Crippen MR) is 122 cm³/mol. The van der Waals surface area contributed by atoms with Crippen LogP contribution in [0.5, 0.6) is 0 Å². The lowest BCUT2D eigenvalue weighted by Crippen LogP contribution is -2.21. The van der Waals surface area contributed by atoms with Crippen LogP contribution in [0.25, 0.3) is 0 Å². The monoisotopic (exact) mass is 447 g/mol. The third-order valence-corrected chi connectivity index (χ3v) is 4.65. The number of nitrogens with zero attached hydrogens (tertiary/aromatic N) is 1. The van der Waals surface area contributed by atoms with Gasteiger partial charge in [0.05, 0.1) is 10.5 Å². The summed E-state index contributed by atoms with van der Waals surface area (Å²) < 4.78 is 5.09. The molecule has 9 nitrogen and oxygen atoms in total. The largest absolute Gasteiger partial charge is 0.452 e. The van der Waals surface area contributed by atoms with Crippen molar-refractivity contribution in [3.63, 3.8) is 0 Å². The number of rotatable bonds is 9. The average molecular weight is 447 g/mol. The van der Waals surface area contributed by atoms with Crippen LogP contribution in [0.3, 0.4) is 0 Å². The van der Waals surface area contributed by atoms with Gasteiger partial charge in [0, 0.05) is 35.6 Å². The molecule has 0 spiro atoms. The number of non-ortho nitro benzene ring substituents is 1. The second-order valence-electron chi connectivity index (χ2n) is 7.09. The molecule has 3 aromatic carbocycles. The highest BCUT2D eigenvalue weighted by molar-refractivity contribution is 6.00. The minimum atomic E-state index is -0.887. The highest BCUT2D eigenvalue weighted by Gasteiger charge is 2.19. The Labute approximate surface area is 189 Å². The minimum absolute atomic E-state index is 0.0634. The fourth-order valence-electron chi connectivity index (χ4n) is 2.98. The first-order chi connectivity index (χ1) is 15.8. The number of ether oxygens (including phenoxy) is 1. The van der Waals surface area contributed by atoms with Crippen LogP contribution in [0.4, 0.5) is 17.1 Å². The summed E-state index contributed by atoms with van der Waals surface area (Å²) in [6, 6.07) is 19.5. The maximum absolute atomic E-state index is 12.6. The number of carbonyl (C=O) groups excluding carboxylic acids is 3. The van der Waals surface area contributed by atoms with Crippen LogP contribution in [-0.4, -0.2) is 29.2 Å². The first-order valence-corrected chi connectivity index (χ1v) is 9.97. The van der Waals surface area contributed by atoms with Crippen molar-refractivity contribution in [2.24, 2.45) is 0 Å². The lowest BCUT2D eigenvalue weighted by atomic mass is 10.1. The Bertz CT molecular complexity index is 1190. The molecule has 168 valence electrons. The molecule has 0 fully saturated rings. The summed E-state index contributed by atoms with van der Waals surface area (Å²) in [5.41, 5.74) is 1.75. The maximum atomic E-state index is 12.6. The fourth-order valence-corrected chi connectivity index (χ4v) is 2.98. The van der Waals surface area contributed by atoms with Gasteiger partial charge < -0.3 is 15.4 Å². The van der Waals surface area contributed by atoms with Crippen LogP contribution in [-0.2, 0) is 16.1 Å². The SMILES string of the molecule is CC(=O)c1cccc(NC(=O)COC(=O)c2cc([N+](=O)[O-])ccc2NCc2ccccc2)c1. The van der Waals surface area contributed by atoms with E-state index in [0.29, 0.717) is 23.5 Å². The smallest absolute Gasteiger partial charge is 0.341 e. The van der Waals surface area contributed by atoms with E-state index < -0.39 is 23.4 Å². The third kappa shape index (κ3) is 6.47. The van der Waals surface area contributed by atoms with Crippen LogP contribution in [0.2, 0.25) is 0 Å². The number of nitro benzene ring substituents is 1. The van der Waals surface area contributed by atoms with Crippen molar-refractivity contribution < 1.29 is 24.0 Å². The Balaban J connectivity index is 1.68. The van der Waals surface area contributed by atoms with Crippen molar-refractivity contribution in [2.45, 2.75) is 13.5 Å². The Morgan fingerprint density at radius 2 is 1.73 bits per heavy atom. The van der Waals surface area contributed by atoms with E-state index in [1.807, 2.05) is 30.3 Å². The van der Waals surface area contributed by atoms with Gasteiger partial charge in [-0.05, 0) is 30.7 Å².